The lowest BCUT2D eigenvalue weighted by Gasteiger charge is -2.30. The molecule has 392 valence electrons. The Balaban J connectivity index is 1.80. The van der Waals surface area contributed by atoms with E-state index < -0.39 is 56.1 Å². The molecule has 0 saturated heterocycles. The highest BCUT2D eigenvalue weighted by Crippen LogP contribution is 2.22. The van der Waals surface area contributed by atoms with E-state index in [9.17, 15) is 45.0 Å². The molecule has 1 unspecified atom stereocenters. The van der Waals surface area contributed by atoms with Crippen molar-refractivity contribution < 1.29 is 54.5 Å². The number of aliphatic hydroxyl groups excluding tert-OH is 6. The van der Waals surface area contributed by atoms with Crippen molar-refractivity contribution in [1.29, 1.82) is 0 Å². The Morgan fingerprint density at radius 1 is 0.574 bits per heavy atom. The number of aryl methyl sites for hydroxylation is 2. The van der Waals surface area contributed by atoms with E-state index in [1.165, 1.54) is 57.8 Å². The number of carbonyl (C=O) groups is 3. The summed E-state index contributed by atoms with van der Waals surface area (Å²) in [5, 5.41) is 79.3. The van der Waals surface area contributed by atoms with Crippen molar-refractivity contribution in [3.05, 3.63) is 23.8 Å². The summed E-state index contributed by atoms with van der Waals surface area (Å²) < 4.78 is 15.7. The summed E-state index contributed by atoms with van der Waals surface area (Å²) in [6.07, 6.45) is 19.0. The van der Waals surface area contributed by atoms with Gasteiger partial charge in [0.2, 0.25) is 11.8 Å². The normalized spacial score (nSPS) is 12.9. The fourth-order valence-electron chi connectivity index (χ4n) is 6.92. The number of Topliss-reactive ketones (excluding diaryl/α,β-unsaturated/α-hetero) is 1. The minimum absolute atomic E-state index is 0.0611. The molecule has 0 saturated carbocycles. The molecule has 2 rings (SSSR count). The first kappa shape index (κ1) is 61.7. The van der Waals surface area contributed by atoms with Crippen molar-refractivity contribution in [1.82, 2.24) is 40.6 Å². The van der Waals surface area contributed by atoms with E-state index in [0.29, 0.717) is 48.8 Å². The molecule has 0 spiro atoms. The van der Waals surface area contributed by atoms with E-state index in [2.05, 4.69) is 38.2 Å². The van der Waals surface area contributed by atoms with Gasteiger partial charge in [-0.2, -0.15) is 35.3 Å². The molecular weight excluding hydrogens is 937 g/mol. The molecule has 1 atom stereocenters. The maximum atomic E-state index is 13.2. The molecule has 8 N–H and O–H groups in total. The molecule has 0 aromatic carbocycles. The monoisotopic (exact) mass is 1020 g/mol. The maximum Gasteiger partial charge on any atom is 0.221 e. The second-order valence-corrected chi connectivity index (χ2v) is 21.7. The number of unbranched alkanes of at least 4 members (excludes halogenated alkanes) is 9. The predicted molar refractivity (Wildman–Crippen MR) is 268 cm³/mol. The summed E-state index contributed by atoms with van der Waals surface area (Å²) in [5.74, 6) is 3.97. The SMILES string of the molecule is CCCCCCCCCCCCSCCC(=O)NC(C)(COCc1cn(CCCSCCC(=O)CC(CO)(CO)CO)nn1)COCc1cn(CCCSCCC(=O)NC(CO)(CO)CO)nn1. The Bertz CT molecular complexity index is 1510. The zero-order valence-corrected chi connectivity index (χ0v) is 43.3. The van der Waals surface area contributed by atoms with Crippen LogP contribution in [0.3, 0.4) is 0 Å². The third-order valence-electron chi connectivity index (χ3n) is 11.3. The standard InChI is InChI=1S/C46H84N8O11S3/c1-3-4-5-6-7-8-9-10-11-12-20-66-24-16-42(62)47-44(2,37-64-29-39-27-53(51-49-39)18-13-21-67-23-15-41(61)26-45(31-55,32-56)33-57)38-65-30-40-28-54(52-50-40)19-14-22-68-25-17-43(63)48-46(34-58,35-59)36-60/h27-28,55-60H,3-26,29-38H2,1-2H3,(H,47,62)(H,48,63). The molecule has 0 bridgehead atoms. The summed E-state index contributed by atoms with van der Waals surface area (Å²) >= 11 is 5.03. The van der Waals surface area contributed by atoms with E-state index in [0.717, 1.165) is 42.3 Å². The van der Waals surface area contributed by atoms with Gasteiger partial charge in [-0.1, -0.05) is 75.1 Å². The Morgan fingerprint density at radius 3 is 1.46 bits per heavy atom. The van der Waals surface area contributed by atoms with Crippen molar-refractivity contribution in [2.75, 3.05) is 87.4 Å². The average molecular weight is 1020 g/mol. The number of hydrogen-bond acceptors (Lipinski definition) is 18. The molecule has 2 aromatic rings. The first-order valence-corrected chi connectivity index (χ1v) is 27.8. The van der Waals surface area contributed by atoms with E-state index in [1.54, 1.807) is 32.9 Å². The van der Waals surface area contributed by atoms with Gasteiger partial charge in [-0.25, -0.2) is 0 Å². The fraction of sp³-hybridized carbons (Fsp3) is 0.848. The van der Waals surface area contributed by atoms with Crippen LogP contribution in [0.1, 0.15) is 128 Å². The van der Waals surface area contributed by atoms with Gasteiger partial charge in [-0.05, 0) is 43.4 Å². The van der Waals surface area contributed by atoms with Crippen LogP contribution in [0.25, 0.3) is 0 Å². The molecule has 2 amide bonds. The van der Waals surface area contributed by atoms with Crippen LogP contribution in [-0.4, -0.2) is 177 Å². The van der Waals surface area contributed by atoms with Gasteiger partial charge in [0, 0.05) is 61.4 Å². The number of aliphatic hydroxyl groups is 6. The first-order chi connectivity index (χ1) is 32.9. The number of nitrogens with zero attached hydrogens (tertiary/aromatic N) is 6. The van der Waals surface area contributed by atoms with E-state index in [-0.39, 0.29) is 56.9 Å². The molecule has 0 aliphatic rings. The predicted octanol–water partition coefficient (Wildman–Crippen LogP) is 3.30. The van der Waals surface area contributed by atoms with Crippen LogP contribution in [0.5, 0.6) is 0 Å². The summed E-state index contributed by atoms with van der Waals surface area (Å²) in [6.45, 7) is 3.06. The molecule has 0 aliphatic heterocycles. The Labute approximate surface area is 416 Å². The summed E-state index contributed by atoms with van der Waals surface area (Å²) in [5.41, 5.74) is -2.16. The minimum atomic E-state index is -1.43. The highest BCUT2D eigenvalue weighted by molar-refractivity contribution is 7.99. The van der Waals surface area contributed by atoms with Gasteiger partial charge in [0.05, 0.1) is 84.0 Å². The Hall–Kier alpha value is -2.38. The number of aromatic nitrogens is 6. The van der Waals surface area contributed by atoms with Gasteiger partial charge in [0.15, 0.2) is 0 Å². The first-order valence-electron chi connectivity index (χ1n) is 24.4. The number of ketones is 1. The molecule has 0 fully saturated rings. The largest absolute Gasteiger partial charge is 0.396 e. The zero-order chi connectivity index (χ0) is 49.8. The van der Waals surface area contributed by atoms with Gasteiger partial charge in [0.25, 0.3) is 0 Å². The third kappa shape index (κ3) is 27.3. The fourth-order valence-corrected chi connectivity index (χ4v) is 9.64. The number of thioether (sulfide) groups is 3. The third-order valence-corrected chi connectivity index (χ3v) is 14.5. The number of rotatable bonds is 46. The lowest BCUT2D eigenvalue weighted by atomic mass is 9.85. The van der Waals surface area contributed by atoms with Crippen LogP contribution in [0.2, 0.25) is 0 Å². The van der Waals surface area contributed by atoms with E-state index >= 15 is 0 Å². The van der Waals surface area contributed by atoms with Gasteiger partial charge < -0.3 is 50.7 Å². The molecule has 0 radical (unpaired) electrons. The topological polar surface area (TPSA) is 277 Å². The van der Waals surface area contributed by atoms with Crippen molar-refractivity contribution in [2.45, 2.75) is 154 Å². The van der Waals surface area contributed by atoms with Gasteiger partial charge in [-0.3, -0.25) is 23.7 Å². The Morgan fingerprint density at radius 2 is 1.00 bits per heavy atom. The van der Waals surface area contributed by atoms with Gasteiger partial charge in [-0.15, -0.1) is 10.2 Å². The molecule has 2 heterocycles. The van der Waals surface area contributed by atoms with E-state index in [4.69, 9.17) is 9.47 Å². The number of carbonyl (C=O) groups excluding carboxylic acids is 3. The van der Waals surface area contributed by atoms with Crippen LogP contribution in [0.15, 0.2) is 12.4 Å². The molecular formula is C46H84N8O11S3. The van der Waals surface area contributed by atoms with Crippen molar-refractivity contribution in [3.63, 3.8) is 0 Å². The van der Waals surface area contributed by atoms with Gasteiger partial charge in [0.1, 0.15) is 22.7 Å². The number of hydrogen-bond donors (Lipinski definition) is 8. The van der Waals surface area contributed by atoms with Crippen LogP contribution >= 0.6 is 35.3 Å². The smallest absolute Gasteiger partial charge is 0.221 e. The number of nitrogens with one attached hydrogen (secondary N) is 2. The molecule has 68 heavy (non-hydrogen) atoms. The van der Waals surface area contributed by atoms with Crippen molar-refractivity contribution >= 4 is 52.9 Å². The minimum Gasteiger partial charge on any atom is -0.396 e. The quantitative estimate of drug-likeness (QED) is 0.0442. The Kier molecular flexibility index (Phi) is 34.0. The molecule has 19 nitrogen and oxygen atoms in total. The highest BCUT2D eigenvalue weighted by Gasteiger charge is 2.32. The molecule has 22 heteroatoms. The lowest BCUT2D eigenvalue weighted by Crippen LogP contribution is -2.57. The van der Waals surface area contributed by atoms with Crippen molar-refractivity contribution in [3.8, 4) is 0 Å². The van der Waals surface area contributed by atoms with E-state index in [1.807, 2.05) is 31.1 Å². The summed E-state index contributed by atoms with van der Waals surface area (Å²) in [7, 11) is 0. The summed E-state index contributed by atoms with van der Waals surface area (Å²) in [4.78, 5) is 37.7. The van der Waals surface area contributed by atoms with Crippen LogP contribution in [0.4, 0.5) is 0 Å². The average Bonchev–Trinajstić information content (AvgIpc) is 4.00. The van der Waals surface area contributed by atoms with Gasteiger partial charge >= 0.3 is 0 Å². The number of amides is 2. The highest BCUT2D eigenvalue weighted by atomic mass is 32.2. The zero-order valence-electron chi connectivity index (χ0n) is 40.8. The molecule has 0 aliphatic carbocycles. The number of ether oxygens (including phenoxy) is 2. The second-order valence-electron chi connectivity index (χ2n) is 18.0. The van der Waals surface area contributed by atoms with Crippen LogP contribution in [0, 0.1) is 5.41 Å². The second kappa shape index (κ2) is 37.4. The van der Waals surface area contributed by atoms with Crippen LogP contribution < -0.4 is 10.6 Å². The summed E-state index contributed by atoms with van der Waals surface area (Å²) in [6, 6.07) is 0. The lowest BCUT2D eigenvalue weighted by molar-refractivity contribution is -0.125. The van der Waals surface area contributed by atoms with Crippen LogP contribution in [-0.2, 0) is 50.2 Å². The molecule has 2 aromatic heterocycles. The maximum absolute atomic E-state index is 13.2. The van der Waals surface area contributed by atoms with Crippen molar-refractivity contribution in [2.24, 2.45) is 5.41 Å².